The van der Waals surface area contributed by atoms with Crippen molar-refractivity contribution in [2.45, 2.75) is 13.0 Å². The first kappa shape index (κ1) is 22.7. The predicted octanol–water partition coefficient (Wildman–Crippen LogP) is 4.89. The van der Waals surface area contributed by atoms with Crippen molar-refractivity contribution in [3.05, 3.63) is 101 Å². The molecule has 0 unspecified atom stereocenters. The van der Waals surface area contributed by atoms with E-state index in [1.165, 1.54) is 18.2 Å². The summed E-state index contributed by atoms with van der Waals surface area (Å²) < 4.78 is 30.2. The van der Waals surface area contributed by atoms with E-state index in [0.29, 0.717) is 23.2 Å². The molecule has 0 spiro atoms. The molecule has 3 aromatic rings. The second kappa shape index (κ2) is 10.9. The van der Waals surface area contributed by atoms with Crippen molar-refractivity contribution in [3.8, 4) is 5.75 Å². The molecule has 0 saturated heterocycles. The zero-order valence-corrected chi connectivity index (χ0v) is 17.3. The van der Waals surface area contributed by atoms with Gasteiger partial charge >= 0.3 is 6.61 Å². The number of carbonyl (C=O) groups excluding carboxylic acids is 2. The average Bonchev–Trinajstić information content (AvgIpc) is 2.79. The summed E-state index contributed by atoms with van der Waals surface area (Å²) in [5, 5.41) is 5.27. The molecule has 0 atom stereocenters. The van der Waals surface area contributed by atoms with E-state index >= 15 is 0 Å². The number of anilines is 1. The van der Waals surface area contributed by atoms with Gasteiger partial charge in [-0.1, -0.05) is 42.5 Å². The van der Waals surface area contributed by atoms with Crippen LogP contribution in [0.3, 0.4) is 0 Å². The molecule has 2 amide bonds. The Balaban J connectivity index is 1.71. The minimum atomic E-state index is -2.94. The van der Waals surface area contributed by atoms with Crippen LogP contribution in [0.2, 0.25) is 0 Å². The number of rotatable bonds is 8. The summed E-state index contributed by atoms with van der Waals surface area (Å²) in [5.41, 5.74) is 3.19. The Morgan fingerprint density at radius 1 is 1.00 bits per heavy atom. The number of alkyl halides is 2. The zero-order chi connectivity index (χ0) is 22.9. The molecule has 0 heterocycles. The van der Waals surface area contributed by atoms with Crippen LogP contribution in [0.5, 0.6) is 5.75 Å². The van der Waals surface area contributed by atoms with E-state index in [1.807, 2.05) is 30.3 Å². The monoisotopic (exact) mass is 436 g/mol. The van der Waals surface area contributed by atoms with Crippen molar-refractivity contribution in [2.75, 3.05) is 12.4 Å². The van der Waals surface area contributed by atoms with Crippen molar-refractivity contribution < 1.29 is 23.1 Å². The lowest BCUT2D eigenvalue weighted by atomic mass is 10.0. The van der Waals surface area contributed by atoms with Gasteiger partial charge < -0.3 is 15.4 Å². The average molecular weight is 436 g/mol. The number of carbonyl (C=O) groups is 2. The van der Waals surface area contributed by atoms with Crippen molar-refractivity contribution in [1.29, 1.82) is 0 Å². The standard InChI is InChI=1S/C25H22F2N2O3/c1-28-24(31)19-10-7-17(8-11-19)9-14-23(30)29-21-12-13-22(32-25(26)27)20(16-21)15-18-5-3-2-4-6-18/h2-14,16,25H,15H2,1H3,(H,28,31)(H,29,30)/b14-9-. The van der Waals surface area contributed by atoms with Gasteiger partial charge in [0.15, 0.2) is 0 Å². The lowest BCUT2D eigenvalue weighted by Crippen LogP contribution is -2.17. The summed E-state index contributed by atoms with van der Waals surface area (Å²) in [7, 11) is 1.55. The number of hydrogen-bond acceptors (Lipinski definition) is 3. The Hall–Kier alpha value is -4.00. The quantitative estimate of drug-likeness (QED) is 0.494. The second-order valence-electron chi connectivity index (χ2n) is 6.89. The number of benzene rings is 3. The fraction of sp³-hybridized carbons (Fsp3) is 0.120. The third kappa shape index (κ3) is 6.50. The number of halogens is 2. The smallest absolute Gasteiger partial charge is 0.387 e. The molecule has 0 fully saturated rings. The molecule has 7 heteroatoms. The maximum atomic E-state index is 12.8. The Morgan fingerprint density at radius 3 is 2.38 bits per heavy atom. The van der Waals surface area contributed by atoms with Gasteiger partial charge in [-0.15, -0.1) is 0 Å². The fourth-order valence-corrected chi connectivity index (χ4v) is 3.07. The Bertz CT molecular complexity index is 1100. The van der Waals surface area contributed by atoms with Gasteiger partial charge in [0, 0.05) is 36.4 Å². The molecule has 0 aliphatic carbocycles. The highest BCUT2D eigenvalue weighted by Crippen LogP contribution is 2.27. The second-order valence-corrected chi connectivity index (χ2v) is 6.89. The molecule has 0 bridgehead atoms. The third-order valence-corrected chi connectivity index (χ3v) is 4.61. The van der Waals surface area contributed by atoms with E-state index in [0.717, 1.165) is 11.1 Å². The molecular formula is C25H22F2N2O3. The molecule has 0 aliphatic rings. The predicted molar refractivity (Wildman–Crippen MR) is 120 cm³/mol. The number of amides is 2. The van der Waals surface area contributed by atoms with E-state index in [9.17, 15) is 18.4 Å². The van der Waals surface area contributed by atoms with Gasteiger partial charge in [-0.05, 0) is 47.5 Å². The van der Waals surface area contributed by atoms with Gasteiger partial charge in [0.25, 0.3) is 5.91 Å². The van der Waals surface area contributed by atoms with Crippen molar-refractivity contribution in [1.82, 2.24) is 5.32 Å². The van der Waals surface area contributed by atoms with E-state index in [-0.39, 0.29) is 17.6 Å². The Labute approximate surface area is 184 Å². The van der Waals surface area contributed by atoms with Gasteiger partial charge in [-0.25, -0.2) is 0 Å². The summed E-state index contributed by atoms with van der Waals surface area (Å²) >= 11 is 0. The zero-order valence-electron chi connectivity index (χ0n) is 17.3. The first-order valence-corrected chi connectivity index (χ1v) is 9.87. The summed E-state index contributed by atoms with van der Waals surface area (Å²) in [5.74, 6) is -0.508. The van der Waals surface area contributed by atoms with Crippen LogP contribution in [0.15, 0.2) is 78.9 Å². The maximum Gasteiger partial charge on any atom is 0.387 e. The van der Waals surface area contributed by atoms with E-state index in [2.05, 4.69) is 15.4 Å². The van der Waals surface area contributed by atoms with Crippen LogP contribution in [-0.4, -0.2) is 25.5 Å². The molecule has 0 saturated carbocycles. The highest BCUT2D eigenvalue weighted by molar-refractivity contribution is 6.02. The number of nitrogens with one attached hydrogen (secondary N) is 2. The number of ether oxygens (including phenoxy) is 1. The van der Waals surface area contributed by atoms with Gasteiger partial charge in [0.05, 0.1) is 0 Å². The first-order chi connectivity index (χ1) is 15.4. The lowest BCUT2D eigenvalue weighted by Gasteiger charge is -2.13. The van der Waals surface area contributed by atoms with Crippen LogP contribution in [0.25, 0.3) is 6.08 Å². The fourth-order valence-electron chi connectivity index (χ4n) is 3.07. The van der Waals surface area contributed by atoms with Crippen LogP contribution in [0, 0.1) is 0 Å². The minimum Gasteiger partial charge on any atom is -0.435 e. The highest BCUT2D eigenvalue weighted by atomic mass is 19.3. The van der Waals surface area contributed by atoms with Crippen LogP contribution in [-0.2, 0) is 11.2 Å². The first-order valence-electron chi connectivity index (χ1n) is 9.87. The van der Waals surface area contributed by atoms with E-state index in [1.54, 1.807) is 43.5 Å². The van der Waals surface area contributed by atoms with Crippen LogP contribution in [0.1, 0.15) is 27.0 Å². The molecule has 0 aromatic heterocycles. The minimum absolute atomic E-state index is 0.0635. The summed E-state index contributed by atoms with van der Waals surface area (Å²) in [6.45, 7) is -2.94. The van der Waals surface area contributed by atoms with E-state index in [4.69, 9.17) is 0 Å². The Kier molecular flexibility index (Phi) is 7.70. The van der Waals surface area contributed by atoms with Gasteiger partial charge in [-0.3, -0.25) is 9.59 Å². The molecule has 0 radical (unpaired) electrons. The number of hydrogen-bond donors (Lipinski definition) is 2. The van der Waals surface area contributed by atoms with Crippen molar-refractivity contribution in [3.63, 3.8) is 0 Å². The van der Waals surface area contributed by atoms with Crippen LogP contribution >= 0.6 is 0 Å². The van der Waals surface area contributed by atoms with E-state index < -0.39 is 6.61 Å². The van der Waals surface area contributed by atoms with Gasteiger partial charge in [0.2, 0.25) is 5.91 Å². The van der Waals surface area contributed by atoms with Gasteiger partial charge in [0.1, 0.15) is 5.75 Å². The molecule has 3 aromatic carbocycles. The molecular weight excluding hydrogens is 414 g/mol. The molecule has 2 N–H and O–H groups in total. The lowest BCUT2D eigenvalue weighted by molar-refractivity contribution is -0.111. The SMILES string of the molecule is CNC(=O)c1ccc(/C=C\C(=O)Nc2ccc(OC(F)F)c(Cc3ccccc3)c2)cc1. The summed E-state index contributed by atoms with van der Waals surface area (Å²) in [4.78, 5) is 23.9. The van der Waals surface area contributed by atoms with Crippen molar-refractivity contribution in [2.24, 2.45) is 0 Å². The normalized spacial score (nSPS) is 10.9. The topological polar surface area (TPSA) is 67.4 Å². The third-order valence-electron chi connectivity index (χ3n) is 4.61. The molecule has 3 rings (SSSR count). The molecule has 32 heavy (non-hydrogen) atoms. The largest absolute Gasteiger partial charge is 0.435 e. The highest BCUT2D eigenvalue weighted by Gasteiger charge is 2.12. The van der Waals surface area contributed by atoms with Crippen LogP contribution in [0.4, 0.5) is 14.5 Å². The molecule has 5 nitrogen and oxygen atoms in total. The maximum absolute atomic E-state index is 12.8. The molecule has 164 valence electrons. The summed E-state index contributed by atoms with van der Waals surface area (Å²) in [6.07, 6.45) is 3.34. The Morgan fingerprint density at radius 2 is 1.72 bits per heavy atom. The molecule has 0 aliphatic heterocycles. The summed E-state index contributed by atoms with van der Waals surface area (Å²) in [6, 6.07) is 20.7. The van der Waals surface area contributed by atoms with Crippen LogP contribution < -0.4 is 15.4 Å². The van der Waals surface area contributed by atoms with Crippen molar-refractivity contribution >= 4 is 23.6 Å². The van der Waals surface area contributed by atoms with Gasteiger partial charge in [-0.2, -0.15) is 8.78 Å².